The standard InChI is InChI=1S/C12H17N3OS/c1-8(10-5-3-7-16-10)15-9-4-2-6-14-11(9)12(13)17/h2,4,6,8,10,15H,3,5,7H2,1H3,(H2,13,17). The number of hydrogen-bond acceptors (Lipinski definition) is 4. The number of pyridine rings is 1. The monoisotopic (exact) mass is 251 g/mol. The summed E-state index contributed by atoms with van der Waals surface area (Å²) in [5, 5.41) is 3.38. The van der Waals surface area contributed by atoms with Crippen LogP contribution in [0.2, 0.25) is 0 Å². The van der Waals surface area contributed by atoms with Gasteiger partial charge in [0.1, 0.15) is 10.7 Å². The molecular weight excluding hydrogens is 234 g/mol. The molecule has 1 aliphatic heterocycles. The first-order valence-corrected chi connectivity index (χ1v) is 6.22. The van der Waals surface area contributed by atoms with Gasteiger partial charge in [-0.2, -0.15) is 0 Å². The van der Waals surface area contributed by atoms with E-state index in [0.29, 0.717) is 10.7 Å². The van der Waals surface area contributed by atoms with Crippen molar-refractivity contribution in [3.05, 3.63) is 24.0 Å². The molecule has 1 aromatic heterocycles. The zero-order chi connectivity index (χ0) is 12.3. The van der Waals surface area contributed by atoms with Crippen LogP contribution in [0.4, 0.5) is 5.69 Å². The highest BCUT2D eigenvalue weighted by Gasteiger charge is 2.23. The Kier molecular flexibility index (Phi) is 3.91. The second-order valence-electron chi connectivity index (χ2n) is 4.25. The lowest BCUT2D eigenvalue weighted by atomic mass is 10.1. The summed E-state index contributed by atoms with van der Waals surface area (Å²) in [5.74, 6) is 0. The zero-order valence-corrected chi connectivity index (χ0v) is 10.7. The molecule has 1 aliphatic rings. The van der Waals surface area contributed by atoms with Gasteiger partial charge in [-0.05, 0) is 31.9 Å². The Morgan fingerprint density at radius 2 is 2.53 bits per heavy atom. The van der Waals surface area contributed by atoms with Gasteiger partial charge in [0.15, 0.2) is 0 Å². The number of nitrogens with two attached hydrogens (primary N) is 1. The number of aromatic nitrogens is 1. The van der Waals surface area contributed by atoms with Crippen molar-refractivity contribution in [1.29, 1.82) is 0 Å². The molecule has 0 bridgehead atoms. The topological polar surface area (TPSA) is 60.2 Å². The van der Waals surface area contributed by atoms with Gasteiger partial charge in [0.05, 0.1) is 11.8 Å². The van der Waals surface area contributed by atoms with Crippen molar-refractivity contribution >= 4 is 22.9 Å². The fraction of sp³-hybridized carbons (Fsp3) is 0.500. The maximum absolute atomic E-state index is 5.64. The first kappa shape index (κ1) is 12.3. The molecule has 3 N–H and O–H groups in total. The van der Waals surface area contributed by atoms with Crippen LogP contribution in [0, 0.1) is 0 Å². The second kappa shape index (κ2) is 5.42. The number of nitrogens with zero attached hydrogens (tertiary/aromatic N) is 1. The van der Waals surface area contributed by atoms with E-state index in [2.05, 4.69) is 17.2 Å². The maximum Gasteiger partial charge on any atom is 0.124 e. The minimum atomic E-state index is 0.231. The molecule has 1 saturated heterocycles. The fourth-order valence-electron chi connectivity index (χ4n) is 2.05. The van der Waals surface area contributed by atoms with Crippen LogP contribution < -0.4 is 11.1 Å². The summed E-state index contributed by atoms with van der Waals surface area (Å²) in [6, 6.07) is 4.04. The molecule has 5 heteroatoms. The van der Waals surface area contributed by atoms with E-state index in [1.54, 1.807) is 6.20 Å². The molecule has 17 heavy (non-hydrogen) atoms. The van der Waals surface area contributed by atoms with Crippen LogP contribution in [-0.4, -0.2) is 28.7 Å². The van der Waals surface area contributed by atoms with Crippen LogP contribution in [0.3, 0.4) is 0 Å². The van der Waals surface area contributed by atoms with Crippen molar-refractivity contribution in [2.45, 2.75) is 31.9 Å². The Morgan fingerprint density at radius 3 is 3.18 bits per heavy atom. The largest absolute Gasteiger partial charge is 0.388 e. The number of thiocarbonyl (C=S) groups is 1. The Morgan fingerprint density at radius 1 is 1.71 bits per heavy atom. The highest BCUT2D eigenvalue weighted by atomic mass is 32.1. The molecular formula is C12H17N3OS. The molecule has 92 valence electrons. The van der Waals surface area contributed by atoms with E-state index < -0.39 is 0 Å². The van der Waals surface area contributed by atoms with Crippen molar-refractivity contribution in [2.24, 2.45) is 5.73 Å². The number of anilines is 1. The van der Waals surface area contributed by atoms with E-state index in [4.69, 9.17) is 22.7 Å². The quantitative estimate of drug-likeness (QED) is 0.798. The van der Waals surface area contributed by atoms with Crippen molar-refractivity contribution in [3.63, 3.8) is 0 Å². The van der Waals surface area contributed by atoms with Crippen molar-refractivity contribution in [1.82, 2.24) is 4.98 Å². The van der Waals surface area contributed by atoms with Gasteiger partial charge in [-0.25, -0.2) is 0 Å². The SMILES string of the molecule is CC(Nc1cccnc1C(N)=S)C1CCCO1. The van der Waals surface area contributed by atoms with E-state index >= 15 is 0 Å². The minimum Gasteiger partial charge on any atom is -0.388 e. The van der Waals surface area contributed by atoms with Gasteiger partial charge in [0, 0.05) is 18.8 Å². The Balaban J connectivity index is 2.09. The molecule has 1 aromatic rings. The van der Waals surface area contributed by atoms with Crippen LogP contribution in [0.15, 0.2) is 18.3 Å². The van der Waals surface area contributed by atoms with E-state index in [-0.39, 0.29) is 12.1 Å². The highest BCUT2D eigenvalue weighted by Crippen LogP contribution is 2.20. The third kappa shape index (κ3) is 2.92. The molecule has 2 rings (SSSR count). The summed E-state index contributed by atoms with van der Waals surface area (Å²) >= 11 is 4.98. The summed E-state index contributed by atoms with van der Waals surface area (Å²) < 4.78 is 5.64. The number of hydrogen-bond donors (Lipinski definition) is 2. The summed E-state index contributed by atoms with van der Waals surface area (Å²) in [6.07, 6.45) is 4.17. The molecule has 2 atom stereocenters. The van der Waals surface area contributed by atoms with Crippen LogP contribution >= 0.6 is 12.2 Å². The number of rotatable bonds is 4. The van der Waals surface area contributed by atoms with E-state index in [0.717, 1.165) is 25.1 Å². The maximum atomic E-state index is 5.64. The van der Waals surface area contributed by atoms with Crippen molar-refractivity contribution in [2.75, 3.05) is 11.9 Å². The normalized spacial score (nSPS) is 21.1. The zero-order valence-electron chi connectivity index (χ0n) is 9.85. The summed E-state index contributed by atoms with van der Waals surface area (Å²) in [5.41, 5.74) is 7.16. The van der Waals surface area contributed by atoms with E-state index in [9.17, 15) is 0 Å². The number of ether oxygens (including phenoxy) is 1. The van der Waals surface area contributed by atoms with Crippen LogP contribution in [0.5, 0.6) is 0 Å². The smallest absolute Gasteiger partial charge is 0.124 e. The van der Waals surface area contributed by atoms with Gasteiger partial charge in [0.2, 0.25) is 0 Å². The summed E-state index contributed by atoms with van der Waals surface area (Å²) in [4.78, 5) is 4.50. The predicted molar refractivity (Wildman–Crippen MR) is 72.2 cm³/mol. The van der Waals surface area contributed by atoms with Gasteiger partial charge in [-0.1, -0.05) is 12.2 Å². The van der Waals surface area contributed by atoms with E-state index in [1.807, 2.05) is 12.1 Å². The first-order chi connectivity index (χ1) is 8.18. The second-order valence-corrected chi connectivity index (χ2v) is 4.69. The molecule has 4 nitrogen and oxygen atoms in total. The average Bonchev–Trinajstić information content (AvgIpc) is 2.83. The van der Waals surface area contributed by atoms with Crippen LogP contribution in [0.25, 0.3) is 0 Å². The molecule has 1 fully saturated rings. The van der Waals surface area contributed by atoms with Gasteiger partial charge in [0.25, 0.3) is 0 Å². The van der Waals surface area contributed by atoms with Crippen molar-refractivity contribution < 1.29 is 4.74 Å². The van der Waals surface area contributed by atoms with Gasteiger partial charge >= 0.3 is 0 Å². The third-order valence-electron chi connectivity index (χ3n) is 2.95. The molecule has 0 radical (unpaired) electrons. The van der Waals surface area contributed by atoms with Gasteiger partial charge < -0.3 is 15.8 Å². The van der Waals surface area contributed by atoms with E-state index in [1.165, 1.54) is 0 Å². The summed E-state index contributed by atoms with van der Waals surface area (Å²) in [7, 11) is 0. The summed E-state index contributed by atoms with van der Waals surface area (Å²) in [6.45, 7) is 2.96. The average molecular weight is 251 g/mol. The lowest BCUT2D eigenvalue weighted by Crippen LogP contribution is -2.31. The lowest BCUT2D eigenvalue weighted by Gasteiger charge is -2.22. The molecule has 0 saturated carbocycles. The highest BCUT2D eigenvalue weighted by molar-refractivity contribution is 7.80. The molecule has 0 spiro atoms. The van der Waals surface area contributed by atoms with Gasteiger partial charge in [-0.15, -0.1) is 0 Å². The van der Waals surface area contributed by atoms with Crippen LogP contribution in [0.1, 0.15) is 25.5 Å². The lowest BCUT2D eigenvalue weighted by molar-refractivity contribution is 0.0996. The third-order valence-corrected chi connectivity index (χ3v) is 3.14. The Bertz CT molecular complexity index is 404. The molecule has 0 amide bonds. The number of nitrogens with one attached hydrogen (secondary N) is 1. The molecule has 0 aromatic carbocycles. The Labute approximate surface area is 107 Å². The Hall–Kier alpha value is -1.20. The van der Waals surface area contributed by atoms with Gasteiger partial charge in [-0.3, -0.25) is 4.98 Å². The molecule has 2 heterocycles. The van der Waals surface area contributed by atoms with Crippen LogP contribution in [-0.2, 0) is 4.74 Å². The fourth-order valence-corrected chi connectivity index (χ4v) is 2.22. The minimum absolute atomic E-state index is 0.231. The predicted octanol–water partition coefficient (Wildman–Crippen LogP) is 1.70. The molecule has 2 unspecified atom stereocenters. The first-order valence-electron chi connectivity index (χ1n) is 5.81. The van der Waals surface area contributed by atoms with Crippen molar-refractivity contribution in [3.8, 4) is 0 Å². The molecule has 0 aliphatic carbocycles.